The van der Waals surface area contributed by atoms with Crippen LogP contribution >= 0.6 is 15.9 Å². The van der Waals surface area contributed by atoms with Crippen molar-refractivity contribution in [3.63, 3.8) is 0 Å². The zero-order valence-corrected chi connectivity index (χ0v) is 10.3. The first-order chi connectivity index (χ1) is 6.63. The summed E-state index contributed by atoms with van der Waals surface area (Å²) in [6.45, 7) is 4.98. The highest BCUT2D eigenvalue weighted by atomic mass is 79.9. The molecule has 2 heteroatoms. The molecule has 1 rings (SSSR count). The number of allylic oxidation sites excluding steroid dienone is 1. The van der Waals surface area contributed by atoms with Gasteiger partial charge in [-0.15, -0.1) is 0 Å². The standard InChI is InChI=1S/C12H16BrN/c1-10(8-13)12-6-4-5-11(7-12)9-14(2)3/h4-7H,1,8-9H2,2-3H3. The first-order valence-electron chi connectivity index (χ1n) is 4.61. The van der Waals surface area contributed by atoms with Gasteiger partial charge in [-0.05, 0) is 30.8 Å². The monoisotopic (exact) mass is 253 g/mol. The molecule has 1 aromatic rings. The average molecular weight is 254 g/mol. The van der Waals surface area contributed by atoms with Crippen LogP contribution in [0.15, 0.2) is 30.8 Å². The normalized spacial score (nSPS) is 10.6. The SMILES string of the molecule is C=C(CBr)c1cccc(CN(C)C)c1. The molecule has 0 bridgehead atoms. The van der Waals surface area contributed by atoms with Crippen LogP contribution in [0, 0.1) is 0 Å². The van der Waals surface area contributed by atoms with Gasteiger partial charge in [-0.25, -0.2) is 0 Å². The topological polar surface area (TPSA) is 3.24 Å². The summed E-state index contributed by atoms with van der Waals surface area (Å²) in [4.78, 5) is 2.16. The second-order valence-electron chi connectivity index (χ2n) is 3.68. The Balaban J connectivity index is 2.84. The molecule has 0 unspecified atom stereocenters. The van der Waals surface area contributed by atoms with Crippen LogP contribution < -0.4 is 0 Å². The third kappa shape index (κ3) is 3.28. The minimum Gasteiger partial charge on any atom is -0.305 e. The molecule has 0 amide bonds. The van der Waals surface area contributed by atoms with Crippen LogP contribution in [0.3, 0.4) is 0 Å². The molecule has 1 aromatic carbocycles. The second-order valence-corrected chi connectivity index (χ2v) is 4.24. The predicted octanol–water partition coefficient (Wildman–Crippen LogP) is 3.16. The fourth-order valence-corrected chi connectivity index (χ4v) is 1.66. The number of alkyl halides is 1. The molecule has 0 radical (unpaired) electrons. The van der Waals surface area contributed by atoms with Gasteiger partial charge < -0.3 is 4.90 Å². The lowest BCUT2D eigenvalue weighted by Gasteiger charge is -2.11. The fourth-order valence-electron chi connectivity index (χ4n) is 1.33. The van der Waals surface area contributed by atoms with E-state index in [-0.39, 0.29) is 0 Å². The zero-order chi connectivity index (χ0) is 10.6. The lowest BCUT2D eigenvalue weighted by atomic mass is 10.1. The van der Waals surface area contributed by atoms with Crippen molar-refractivity contribution < 1.29 is 0 Å². The highest BCUT2D eigenvalue weighted by molar-refractivity contribution is 9.09. The molecule has 0 aliphatic rings. The van der Waals surface area contributed by atoms with Gasteiger partial charge >= 0.3 is 0 Å². The van der Waals surface area contributed by atoms with E-state index in [0.29, 0.717) is 0 Å². The van der Waals surface area contributed by atoms with Gasteiger partial charge in [-0.3, -0.25) is 0 Å². The Labute approximate surface area is 94.6 Å². The molecule has 0 atom stereocenters. The summed E-state index contributed by atoms with van der Waals surface area (Å²) in [7, 11) is 4.15. The van der Waals surface area contributed by atoms with Crippen LogP contribution in [-0.2, 0) is 6.54 Å². The van der Waals surface area contributed by atoms with Gasteiger partial charge in [0.1, 0.15) is 0 Å². The van der Waals surface area contributed by atoms with Gasteiger partial charge in [-0.2, -0.15) is 0 Å². The third-order valence-electron chi connectivity index (χ3n) is 2.00. The Morgan fingerprint density at radius 2 is 2.14 bits per heavy atom. The maximum absolute atomic E-state index is 4.00. The fraction of sp³-hybridized carbons (Fsp3) is 0.333. The molecular weight excluding hydrogens is 238 g/mol. The number of rotatable bonds is 4. The number of hydrogen-bond donors (Lipinski definition) is 0. The number of nitrogens with zero attached hydrogens (tertiary/aromatic N) is 1. The molecule has 0 aromatic heterocycles. The van der Waals surface area contributed by atoms with E-state index in [2.05, 4.69) is 65.8 Å². The highest BCUT2D eigenvalue weighted by Crippen LogP contribution is 2.16. The molecule has 76 valence electrons. The Kier molecular flexibility index (Phi) is 4.36. The smallest absolute Gasteiger partial charge is 0.0283 e. The number of halogens is 1. The van der Waals surface area contributed by atoms with Crippen molar-refractivity contribution in [1.29, 1.82) is 0 Å². The van der Waals surface area contributed by atoms with Crippen LogP contribution in [0.4, 0.5) is 0 Å². The van der Waals surface area contributed by atoms with Gasteiger partial charge in [-0.1, -0.05) is 46.8 Å². The van der Waals surface area contributed by atoms with E-state index in [1.54, 1.807) is 0 Å². The van der Waals surface area contributed by atoms with Crippen molar-refractivity contribution >= 4 is 21.5 Å². The van der Waals surface area contributed by atoms with Gasteiger partial charge in [0.05, 0.1) is 0 Å². The Morgan fingerprint density at radius 3 is 2.71 bits per heavy atom. The van der Waals surface area contributed by atoms with E-state index in [9.17, 15) is 0 Å². The first kappa shape index (κ1) is 11.5. The summed E-state index contributed by atoms with van der Waals surface area (Å²) in [5.74, 6) is 0. The Bertz CT molecular complexity index is 318. The lowest BCUT2D eigenvalue weighted by molar-refractivity contribution is 0.402. The molecule has 0 aliphatic carbocycles. The van der Waals surface area contributed by atoms with E-state index in [1.165, 1.54) is 11.1 Å². The van der Waals surface area contributed by atoms with E-state index < -0.39 is 0 Å². The number of hydrogen-bond acceptors (Lipinski definition) is 1. The van der Waals surface area contributed by atoms with E-state index in [4.69, 9.17) is 0 Å². The largest absolute Gasteiger partial charge is 0.305 e. The van der Waals surface area contributed by atoms with Crippen molar-refractivity contribution in [3.05, 3.63) is 42.0 Å². The molecule has 0 N–H and O–H groups in total. The van der Waals surface area contributed by atoms with Crippen LogP contribution in [0.25, 0.3) is 5.57 Å². The van der Waals surface area contributed by atoms with Crippen molar-refractivity contribution in [1.82, 2.24) is 4.90 Å². The van der Waals surface area contributed by atoms with Crippen molar-refractivity contribution in [2.75, 3.05) is 19.4 Å². The van der Waals surface area contributed by atoms with Crippen LogP contribution in [0.1, 0.15) is 11.1 Å². The summed E-state index contributed by atoms with van der Waals surface area (Å²) in [5.41, 5.74) is 3.68. The summed E-state index contributed by atoms with van der Waals surface area (Å²) in [5, 5.41) is 0.832. The van der Waals surface area contributed by atoms with Gasteiger partial charge in [0, 0.05) is 11.9 Å². The highest BCUT2D eigenvalue weighted by Gasteiger charge is 1.99. The molecule has 1 nitrogen and oxygen atoms in total. The minimum absolute atomic E-state index is 0.832. The first-order valence-corrected chi connectivity index (χ1v) is 5.73. The summed E-state index contributed by atoms with van der Waals surface area (Å²) < 4.78 is 0. The lowest BCUT2D eigenvalue weighted by Crippen LogP contribution is -2.10. The van der Waals surface area contributed by atoms with Crippen molar-refractivity contribution in [2.24, 2.45) is 0 Å². The molecule has 0 aliphatic heterocycles. The molecule has 0 spiro atoms. The van der Waals surface area contributed by atoms with Crippen LogP contribution in [0.2, 0.25) is 0 Å². The zero-order valence-electron chi connectivity index (χ0n) is 8.76. The van der Waals surface area contributed by atoms with Crippen molar-refractivity contribution in [3.8, 4) is 0 Å². The molecular formula is C12H16BrN. The van der Waals surface area contributed by atoms with Crippen LogP contribution in [-0.4, -0.2) is 24.3 Å². The molecule has 0 saturated heterocycles. The quantitative estimate of drug-likeness (QED) is 0.746. The molecule has 0 saturated carbocycles. The minimum atomic E-state index is 0.832. The van der Waals surface area contributed by atoms with Gasteiger partial charge in [0.15, 0.2) is 0 Å². The molecule has 0 heterocycles. The summed E-state index contributed by atoms with van der Waals surface area (Å²) in [6, 6.07) is 8.53. The molecule has 14 heavy (non-hydrogen) atoms. The van der Waals surface area contributed by atoms with Crippen LogP contribution in [0.5, 0.6) is 0 Å². The van der Waals surface area contributed by atoms with E-state index in [1.807, 2.05) is 0 Å². The average Bonchev–Trinajstić information content (AvgIpc) is 2.16. The number of benzene rings is 1. The summed E-state index contributed by atoms with van der Waals surface area (Å²) in [6.07, 6.45) is 0. The Morgan fingerprint density at radius 1 is 1.43 bits per heavy atom. The van der Waals surface area contributed by atoms with Crippen molar-refractivity contribution in [2.45, 2.75) is 6.54 Å². The molecule has 0 fully saturated rings. The maximum atomic E-state index is 4.00. The van der Waals surface area contributed by atoms with Gasteiger partial charge in [0.2, 0.25) is 0 Å². The summed E-state index contributed by atoms with van der Waals surface area (Å²) >= 11 is 3.42. The Hall–Kier alpha value is -0.600. The predicted molar refractivity (Wildman–Crippen MR) is 66.7 cm³/mol. The third-order valence-corrected chi connectivity index (χ3v) is 2.67. The van der Waals surface area contributed by atoms with E-state index in [0.717, 1.165) is 17.4 Å². The maximum Gasteiger partial charge on any atom is 0.0283 e. The van der Waals surface area contributed by atoms with Gasteiger partial charge in [0.25, 0.3) is 0 Å². The second kappa shape index (κ2) is 5.32. The van der Waals surface area contributed by atoms with E-state index >= 15 is 0 Å².